The molecule has 2 unspecified atom stereocenters. The first kappa shape index (κ1) is 14.0. The van der Waals surface area contributed by atoms with E-state index >= 15 is 0 Å². The molecule has 1 amide bonds. The lowest BCUT2D eigenvalue weighted by molar-refractivity contribution is -0.142. The number of carbonyl (C=O) groups is 2. The summed E-state index contributed by atoms with van der Waals surface area (Å²) in [4.78, 5) is 48.9. The molecule has 0 saturated carbocycles. The number of aromatic nitrogens is 2. The lowest BCUT2D eigenvalue weighted by Crippen LogP contribution is -2.37. The molecule has 2 rings (SSSR count). The summed E-state index contributed by atoms with van der Waals surface area (Å²) in [6.07, 6.45) is 1.24. The molecule has 1 aliphatic heterocycles. The van der Waals surface area contributed by atoms with Gasteiger partial charge < -0.3 is 10.0 Å². The topological polar surface area (TPSA) is 112 Å². The Bertz CT molecular complexity index is 647. The zero-order valence-corrected chi connectivity index (χ0v) is 10.9. The predicted octanol–water partition coefficient (Wildman–Crippen LogP) is -1.28. The number of amides is 1. The van der Waals surface area contributed by atoms with Crippen molar-refractivity contribution in [2.45, 2.75) is 13.5 Å². The van der Waals surface area contributed by atoms with Crippen molar-refractivity contribution in [1.29, 1.82) is 0 Å². The second-order valence-corrected chi connectivity index (χ2v) is 4.96. The van der Waals surface area contributed by atoms with Crippen LogP contribution in [0.2, 0.25) is 0 Å². The van der Waals surface area contributed by atoms with Gasteiger partial charge in [-0.3, -0.25) is 23.9 Å². The van der Waals surface area contributed by atoms with E-state index in [1.807, 2.05) is 0 Å². The van der Waals surface area contributed by atoms with E-state index in [1.165, 1.54) is 11.1 Å². The van der Waals surface area contributed by atoms with Gasteiger partial charge in [0, 0.05) is 25.4 Å². The average molecular weight is 281 g/mol. The maximum Gasteiger partial charge on any atom is 0.328 e. The zero-order valence-electron chi connectivity index (χ0n) is 10.9. The number of likely N-dealkylation sites (tertiary alicyclic amines) is 1. The van der Waals surface area contributed by atoms with Crippen LogP contribution in [0.3, 0.4) is 0 Å². The molecule has 0 bridgehead atoms. The summed E-state index contributed by atoms with van der Waals surface area (Å²) in [7, 11) is 0. The fraction of sp³-hybridized carbons (Fsp3) is 0.500. The van der Waals surface area contributed by atoms with Crippen molar-refractivity contribution < 1.29 is 14.7 Å². The molecule has 1 saturated heterocycles. The largest absolute Gasteiger partial charge is 0.481 e. The number of aromatic amines is 1. The monoisotopic (exact) mass is 281 g/mol. The van der Waals surface area contributed by atoms with Crippen molar-refractivity contribution in [1.82, 2.24) is 14.5 Å². The molecule has 20 heavy (non-hydrogen) atoms. The Hall–Kier alpha value is -2.38. The molecule has 2 N–H and O–H groups in total. The first-order valence-corrected chi connectivity index (χ1v) is 6.19. The number of carboxylic acids is 1. The second-order valence-electron chi connectivity index (χ2n) is 4.96. The standard InChI is InChI=1S/C12H15N3O5/c1-7-4-15(5-8(7)11(18)19)10(17)6-14-3-2-9(16)13-12(14)20/h2-3,7-8H,4-6H2,1H3,(H,18,19)(H,13,16,20). The van der Waals surface area contributed by atoms with E-state index in [0.29, 0.717) is 6.54 Å². The Morgan fingerprint density at radius 1 is 1.40 bits per heavy atom. The van der Waals surface area contributed by atoms with Gasteiger partial charge in [0.15, 0.2) is 0 Å². The molecule has 0 aromatic carbocycles. The van der Waals surface area contributed by atoms with Gasteiger partial charge in [-0.15, -0.1) is 0 Å². The van der Waals surface area contributed by atoms with Crippen LogP contribution in [0.15, 0.2) is 21.9 Å². The predicted molar refractivity (Wildman–Crippen MR) is 68.2 cm³/mol. The minimum absolute atomic E-state index is 0.122. The number of carboxylic acid groups (broad SMARTS) is 1. The molecular formula is C12H15N3O5. The normalized spacial score (nSPS) is 21.9. The summed E-state index contributed by atoms with van der Waals surface area (Å²) >= 11 is 0. The van der Waals surface area contributed by atoms with Crippen molar-refractivity contribution >= 4 is 11.9 Å². The molecule has 2 atom stereocenters. The highest BCUT2D eigenvalue weighted by Gasteiger charge is 2.36. The highest BCUT2D eigenvalue weighted by Crippen LogP contribution is 2.23. The van der Waals surface area contributed by atoms with Gasteiger partial charge in [0.1, 0.15) is 6.54 Å². The number of nitrogens with one attached hydrogen (secondary N) is 1. The molecular weight excluding hydrogens is 266 g/mol. The van der Waals surface area contributed by atoms with E-state index in [1.54, 1.807) is 6.92 Å². The van der Waals surface area contributed by atoms with Crippen LogP contribution in [-0.4, -0.2) is 44.5 Å². The number of rotatable bonds is 3. The summed E-state index contributed by atoms with van der Waals surface area (Å²) in [6.45, 7) is 2.06. The van der Waals surface area contributed by atoms with Gasteiger partial charge >= 0.3 is 11.7 Å². The number of hydrogen-bond acceptors (Lipinski definition) is 4. The molecule has 108 valence electrons. The van der Waals surface area contributed by atoms with Gasteiger partial charge in [0.2, 0.25) is 5.91 Å². The van der Waals surface area contributed by atoms with Crippen LogP contribution >= 0.6 is 0 Å². The van der Waals surface area contributed by atoms with E-state index in [2.05, 4.69) is 4.98 Å². The van der Waals surface area contributed by atoms with E-state index in [-0.39, 0.29) is 24.9 Å². The third-order valence-electron chi connectivity index (χ3n) is 3.48. The van der Waals surface area contributed by atoms with Crippen LogP contribution in [0, 0.1) is 11.8 Å². The maximum atomic E-state index is 12.0. The van der Waals surface area contributed by atoms with Gasteiger partial charge in [0.25, 0.3) is 5.56 Å². The lowest BCUT2D eigenvalue weighted by Gasteiger charge is -2.16. The van der Waals surface area contributed by atoms with E-state index in [4.69, 9.17) is 5.11 Å². The van der Waals surface area contributed by atoms with Crippen LogP contribution in [0.4, 0.5) is 0 Å². The molecule has 0 spiro atoms. The van der Waals surface area contributed by atoms with Crippen molar-refractivity contribution in [3.63, 3.8) is 0 Å². The van der Waals surface area contributed by atoms with Gasteiger partial charge in [-0.05, 0) is 5.92 Å². The molecule has 1 aromatic rings. The van der Waals surface area contributed by atoms with E-state index in [0.717, 1.165) is 10.6 Å². The maximum absolute atomic E-state index is 12.0. The second kappa shape index (κ2) is 5.32. The van der Waals surface area contributed by atoms with Crippen LogP contribution in [-0.2, 0) is 16.1 Å². The smallest absolute Gasteiger partial charge is 0.328 e. The fourth-order valence-corrected chi connectivity index (χ4v) is 2.31. The van der Waals surface area contributed by atoms with Gasteiger partial charge in [-0.2, -0.15) is 0 Å². The number of aliphatic carboxylic acids is 1. The van der Waals surface area contributed by atoms with Crippen LogP contribution in [0.1, 0.15) is 6.92 Å². The van der Waals surface area contributed by atoms with Gasteiger partial charge in [-0.1, -0.05) is 6.92 Å². The van der Waals surface area contributed by atoms with Crippen LogP contribution in [0.5, 0.6) is 0 Å². The van der Waals surface area contributed by atoms with Crippen LogP contribution in [0.25, 0.3) is 0 Å². The molecule has 8 nitrogen and oxygen atoms in total. The Kier molecular flexibility index (Phi) is 3.73. The van der Waals surface area contributed by atoms with E-state index < -0.39 is 23.1 Å². The van der Waals surface area contributed by atoms with Crippen LogP contribution < -0.4 is 11.2 Å². The Morgan fingerprint density at radius 2 is 2.10 bits per heavy atom. The molecule has 0 aliphatic carbocycles. The summed E-state index contributed by atoms with van der Waals surface area (Å²) in [5.41, 5.74) is -1.19. The Morgan fingerprint density at radius 3 is 2.65 bits per heavy atom. The minimum Gasteiger partial charge on any atom is -0.481 e. The third-order valence-corrected chi connectivity index (χ3v) is 3.48. The summed E-state index contributed by atoms with van der Waals surface area (Å²) in [5.74, 6) is -1.96. The highest BCUT2D eigenvalue weighted by molar-refractivity contribution is 5.78. The molecule has 8 heteroatoms. The van der Waals surface area contributed by atoms with Crippen molar-refractivity contribution in [2.24, 2.45) is 11.8 Å². The number of H-pyrrole nitrogens is 1. The van der Waals surface area contributed by atoms with Gasteiger partial charge in [-0.25, -0.2) is 4.79 Å². The molecule has 1 aliphatic rings. The van der Waals surface area contributed by atoms with Crippen molar-refractivity contribution in [3.05, 3.63) is 33.1 Å². The zero-order chi connectivity index (χ0) is 14.9. The number of carbonyl (C=O) groups excluding carboxylic acids is 1. The average Bonchev–Trinajstić information content (AvgIpc) is 2.75. The summed E-state index contributed by atoms with van der Waals surface area (Å²) in [6, 6.07) is 1.15. The fourth-order valence-electron chi connectivity index (χ4n) is 2.31. The first-order valence-electron chi connectivity index (χ1n) is 6.19. The molecule has 2 heterocycles. The Balaban J connectivity index is 2.08. The summed E-state index contributed by atoms with van der Waals surface area (Å²) in [5, 5.41) is 9.01. The Labute approximate surface area is 113 Å². The minimum atomic E-state index is -0.922. The third kappa shape index (κ3) is 2.79. The lowest BCUT2D eigenvalue weighted by atomic mass is 9.99. The first-order chi connectivity index (χ1) is 9.38. The number of nitrogens with zero attached hydrogens (tertiary/aromatic N) is 2. The highest BCUT2D eigenvalue weighted by atomic mass is 16.4. The van der Waals surface area contributed by atoms with E-state index in [9.17, 15) is 19.2 Å². The number of hydrogen-bond donors (Lipinski definition) is 2. The molecule has 1 fully saturated rings. The summed E-state index contributed by atoms with van der Waals surface area (Å²) < 4.78 is 1.09. The SMILES string of the molecule is CC1CN(C(=O)Cn2ccc(=O)[nH]c2=O)CC1C(=O)O. The molecule has 1 aromatic heterocycles. The van der Waals surface area contributed by atoms with Gasteiger partial charge in [0.05, 0.1) is 5.92 Å². The van der Waals surface area contributed by atoms with Crippen molar-refractivity contribution in [3.8, 4) is 0 Å². The molecule has 0 radical (unpaired) electrons. The van der Waals surface area contributed by atoms with Crippen molar-refractivity contribution in [2.75, 3.05) is 13.1 Å². The quantitative estimate of drug-likeness (QED) is 0.716.